The SMILES string of the molecule is CNP(=O)(OC)OC1CCOC1COP(=O)(O)OCC(COCCCOP=O)(COCCCO[I+][O-])COCCCO[P+](=O)[O-]. The van der Waals surface area contributed by atoms with E-state index < -0.39 is 85.4 Å². The lowest BCUT2D eigenvalue weighted by Gasteiger charge is -2.33. The van der Waals surface area contributed by atoms with Crippen molar-refractivity contribution in [1.82, 2.24) is 5.09 Å². The molecule has 2 N–H and O–H groups in total. The number of rotatable bonds is 31. The first-order valence-corrected chi connectivity index (χ1v) is 20.3. The van der Waals surface area contributed by atoms with E-state index in [9.17, 15) is 31.5 Å². The van der Waals surface area contributed by atoms with Gasteiger partial charge in [0.25, 0.3) is 0 Å². The molecule has 0 aliphatic carbocycles. The van der Waals surface area contributed by atoms with Crippen molar-refractivity contribution in [3.8, 4) is 0 Å². The van der Waals surface area contributed by atoms with Gasteiger partial charge >= 0.3 is 54.5 Å². The predicted molar refractivity (Wildman–Crippen MR) is 146 cm³/mol. The molecule has 1 aliphatic heterocycles. The second kappa shape index (κ2) is 25.7. The van der Waals surface area contributed by atoms with E-state index >= 15 is 0 Å². The molecule has 19 nitrogen and oxygen atoms in total. The molecule has 266 valence electrons. The number of halogens is 1. The van der Waals surface area contributed by atoms with Crippen LogP contribution in [0.2, 0.25) is 0 Å². The summed E-state index contributed by atoms with van der Waals surface area (Å²) in [5.74, 6) is 0. The van der Waals surface area contributed by atoms with Gasteiger partial charge in [0.05, 0.1) is 51.2 Å². The van der Waals surface area contributed by atoms with Gasteiger partial charge < -0.3 is 36.7 Å². The summed E-state index contributed by atoms with van der Waals surface area (Å²) in [4.78, 5) is 21.1. The Bertz CT molecular complexity index is 904. The van der Waals surface area contributed by atoms with Crippen LogP contribution in [0.5, 0.6) is 0 Å². The van der Waals surface area contributed by atoms with Gasteiger partial charge in [-0.25, -0.2) is 18.8 Å². The molecule has 0 aromatic rings. The summed E-state index contributed by atoms with van der Waals surface area (Å²) in [6, 6.07) is 0. The number of nitrogens with one attached hydrogen (secondary N) is 1. The van der Waals surface area contributed by atoms with Gasteiger partial charge in [0.2, 0.25) is 0 Å². The molecule has 0 aromatic carbocycles. The highest BCUT2D eigenvalue weighted by Gasteiger charge is 2.40. The zero-order valence-electron chi connectivity index (χ0n) is 25.0. The van der Waals surface area contributed by atoms with Crippen LogP contribution < -0.4 is 35.5 Å². The topological polar surface area (TPSA) is 248 Å². The molecule has 0 saturated carbocycles. The van der Waals surface area contributed by atoms with Gasteiger partial charge in [0.15, 0.2) is 0 Å². The van der Waals surface area contributed by atoms with Crippen LogP contribution in [-0.2, 0) is 67.4 Å². The summed E-state index contributed by atoms with van der Waals surface area (Å²) in [7, 11) is -9.17. The highest BCUT2D eigenvalue weighted by atomic mass is 127. The van der Waals surface area contributed by atoms with Crippen molar-refractivity contribution >= 4 is 32.5 Å². The molecule has 6 atom stereocenters. The zero-order chi connectivity index (χ0) is 33.4. The number of hydrogen-bond acceptors (Lipinski definition) is 17. The van der Waals surface area contributed by atoms with Crippen LogP contribution in [0.3, 0.4) is 0 Å². The maximum absolute atomic E-state index is 12.9. The standard InChI is InChI=1S/C21H42INO18P4/c1-23-44(28,31-2)41-19-6-13-35-20(19)14-39-45(29,30)40-18-21(15-32-7-3-10-36-22-24,16-33-8-4-11-37-42-25)17-34-9-5-12-38-43(26)27/h19-20H,3-18H2,1-2H3,(H,23,28)(H,29,30). The van der Waals surface area contributed by atoms with E-state index in [-0.39, 0.29) is 72.5 Å². The molecule has 6 unspecified atom stereocenters. The Hall–Kier alpha value is 0.790. The third-order valence-corrected chi connectivity index (χ3v) is 9.74. The van der Waals surface area contributed by atoms with Crippen LogP contribution in [0.25, 0.3) is 0 Å². The highest BCUT2D eigenvalue weighted by Crippen LogP contribution is 2.48. The maximum Gasteiger partial charge on any atom is 0.488 e. The Kier molecular flexibility index (Phi) is 25.0. The van der Waals surface area contributed by atoms with E-state index in [1.165, 1.54) is 14.2 Å². The molecule has 1 aliphatic rings. The third-order valence-electron chi connectivity index (χ3n) is 5.86. The average Bonchev–Trinajstić information content (AvgIpc) is 3.46. The van der Waals surface area contributed by atoms with E-state index in [0.29, 0.717) is 19.3 Å². The average molecular weight is 847 g/mol. The van der Waals surface area contributed by atoms with Crippen LogP contribution >= 0.6 is 32.5 Å². The van der Waals surface area contributed by atoms with Crippen LogP contribution in [0.15, 0.2) is 0 Å². The van der Waals surface area contributed by atoms with Crippen molar-refractivity contribution in [2.45, 2.75) is 37.9 Å². The van der Waals surface area contributed by atoms with Gasteiger partial charge in [-0.3, -0.25) is 18.1 Å². The smallest absolute Gasteiger partial charge is 0.488 e. The minimum absolute atomic E-state index is 0.0734. The molecule has 1 saturated heterocycles. The summed E-state index contributed by atoms with van der Waals surface area (Å²) in [6.07, 6.45) is -0.201. The first kappa shape index (κ1) is 43.8. The summed E-state index contributed by atoms with van der Waals surface area (Å²) < 4.78 is 115. The van der Waals surface area contributed by atoms with E-state index in [0.717, 1.165) is 0 Å². The van der Waals surface area contributed by atoms with Gasteiger partial charge in [-0.2, -0.15) is 0 Å². The fourth-order valence-electron chi connectivity index (χ4n) is 3.62. The Balaban J connectivity index is 2.90. The van der Waals surface area contributed by atoms with E-state index in [2.05, 4.69) is 9.61 Å². The number of hydrogen-bond donors (Lipinski definition) is 2. The second-order valence-corrected chi connectivity index (χ2v) is 14.9. The Labute approximate surface area is 276 Å². The first-order chi connectivity index (χ1) is 21.5. The quantitative estimate of drug-likeness (QED) is 0.0436. The molecule has 0 amide bonds. The normalized spacial score (nSPS) is 21.4. The van der Waals surface area contributed by atoms with Crippen LogP contribution in [0.1, 0.15) is 25.7 Å². The minimum Gasteiger partial charge on any atom is -0.567 e. The van der Waals surface area contributed by atoms with Crippen molar-refractivity contribution in [2.75, 3.05) is 93.4 Å². The van der Waals surface area contributed by atoms with Gasteiger partial charge in [-0.05, 0) is 30.9 Å². The molecular formula is C21H42INO18P4. The summed E-state index contributed by atoms with van der Waals surface area (Å²) in [5, 5.41) is 2.46. The van der Waals surface area contributed by atoms with Gasteiger partial charge in [-0.1, -0.05) is 0 Å². The fraction of sp³-hybridized carbons (Fsp3) is 1.00. The zero-order valence-corrected chi connectivity index (χ0v) is 30.8. The second-order valence-electron chi connectivity index (χ2n) is 9.34. The van der Waals surface area contributed by atoms with E-state index in [4.69, 9.17) is 44.6 Å². The number of phosphoric acid groups is 1. The molecule has 1 rings (SSSR count). The first-order valence-electron chi connectivity index (χ1n) is 13.6. The lowest BCUT2D eigenvalue weighted by Crippen LogP contribution is -3.70. The lowest BCUT2D eigenvalue weighted by molar-refractivity contribution is -1.27. The van der Waals surface area contributed by atoms with Gasteiger partial charge in [-0.15, -0.1) is 7.59 Å². The summed E-state index contributed by atoms with van der Waals surface area (Å²) in [5.41, 5.74) is -1.16. The monoisotopic (exact) mass is 847 g/mol. The summed E-state index contributed by atoms with van der Waals surface area (Å²) in [6.45, 7) is -0.163. The van der Waals surface area contributed by atoms with Crippen molar-refractivity contribution < 1.29 is 103 Å². The van der Waals surface area contributed by atoms with Crippen molar-refractivity contribution in [2.24, 2.45) is 5.41 Å². The van der Waals surface area contributed by atoms with Crippen molar-refractivity contribution in [1.29, 1.82) is 0 Å². The largest absolute Gasteiger partial charge is 0.567 e. The predicted octanol–water partition coefficient (Wildman–Crippen LogP) is -1.97. The van der Waals surface area contributed by atoms with E-state index in [1.807, 2.05) is 0 Å². The number of ether oxygens (including phenoxy) is 4. The Morgan fingerprint density at radius 2 is 1.64 bits per heavy atom. The maximum atomic E-state index is 12.9. The van der Waals surface area contributed by atoms with Crippen LogP contribution in [-0.4, -0.2) is 111 Å². The van der Waals surface area contributed by atoms with Crippen LogP contribution in [0.4, 0.5) is 0 Å². The van der Waals surface area contributed by atoms with Gasteiger partial charge in [0.1, 0.15) is 19.3 Å². The Morgan fingerprint density at radius 1 is 1.02 bits per heavy atom. The molecule has 45 heavy (non-hydrogen) atoms. The Morgan fingerprint density at radius 3 is 2.20 bits per heavy atom. The molecule has 0 aromatic heterocycles. The molecule has 1 heterocycles. The molecule has 1 fully saturated rings. The van der Waals surface area contributed by atoms with Crippen molar-refractivity contribution in [3.63, 3.8) is 0 Å². The molecule has 0 radical (unpaired) electrons. The van der Waals surface area contributed by atoms with Crippen molar-refractivity contribution in [3.05, 3.63) is 0 Å². The van der Waals surface area contributed by atoms with E-state index in [1.54, 1.807) is 0 Å². The molecule has 0 spiro atoms. The fourth-order valence-corrected chi connectivity index (χ4v) is 6.41. The minimum atomic E-state index is -4.71. The van der Waals surface area contributed by atoms with Gasteiger partial charge in [0, 0.05) is 40.0 Å². The third kappa shape index (κ3) is 20.8. The molecule has 0 bridgehead atoms. The summed E-state index contributed by atoms with van der Waals surface area (Å²) >= 11 is -1.57. The van der Waals surface area contributed by atoms with Crippen LogP contribution in [0, 0.1) is 5.41 Å². The number of phosphoric ester groups is 1. The lowest BCUT2D eigenvalue weighted by atomic mass is 9.92. The molecular weight excluding hydrogens is 805 g/mol. The highest BCUT2D eigenvalue weighted by molar-refractivity contribution is 7.51. The molecule has 24 heteroatoms.